The summed E-state index contributed by atoms with van der Waals surface area (Å²) in [6, 6.07) is 2.62. The van der Waals surface area contributed by atoms with Crippen LogP contribution in [-0.4, -0.2) is 54.4 Å². The van der Waals surface area contributed by atoms with Crippen LogP contribution in [0, 0.1) is 11.7 Å². The van der Waals surface area contributed by atoms with E-state index in [1.54, 1.807) is 9.80 Å². The summed E-state index contributed by atoms with van der Waals surface area (Å²) in [6.45, 7) is 5.73. The van der Waals surface area contributed by atoms with Gasteiger partial charge in [0.25, 0.3) is 0 Å². The van der Waals surface area contributed by atoms with Crippen molar-refractivity contribution >= 4 is 35.0 Å². The number of carbonyl (C=O) groups excluding carboxylic acids is 2. The smallest absolute Gasteiger partial charge is 0.245 e. The molecule has 0 radical (unpaired) electrons. The molecule has 5 nitrogen and oxygen atoms in total. The van der Waals surface area contributed by atoms with Gasteiger partial charge in [0, 0.05) is 36.1 Å². The summed E-state index contributed by atoms with van der Waals surface area (Å²) in [5.74, 6) is -0.760. The Morgan fingerprint density at radius 3 is 2.52 bits per heavy atom. The first kappa shape index (κ1) is 20.1. The lowest BCUT2D eigenvalue weighted by molar-refractivity contribution is -0.146. The highest BCUT2D eigenvalue weighted by Crippen LogP contribution is 2.33. The standard InChI is InChI=1S/C19H21Cl2FN2O3/c1-2-18(25)23-5-3-12(4-6-23)19(26)24-7-8-27-17(11-24)13-9-16(22)15(21)10-14(13)20/h2,9-10,12,17H,1,3-8,11H2. The molecule has 3 rings (SSSR count). The summed E-state index contributed by atoms with van der Waals surface area (Å²) in [5.41, 5.74) is 0.488. The minimum absolute atomic E-state index is 0.0413. The maximum atomic E-state index is 13.8. The second-order valence-corrected chi connectivity index (χ2v) is 7.55. The lowest BCUT2D eigenvalue weighted by Crippen LogP contribution is -2.48. The number of ether oxygens (including phenoxy) is 1. The Bertz CT molecular complexity index is 751. The van der Waals surface area contributed by atoms with Crippen LogP contribution in [0.25, 0.3) is 0 Å². The van der Waals surface area contributed by atoms with Crippen LogP contribution in [0.3, 0.4) is 0 Å². The van der Waals surface area contributed by atoms with Crippen molar-refractivity contribution in [1.82, 2.24) is 9.80 Å². The number of benzene rings is 1. The Morgan fingerprint density at radius 1 is 1.15 bits per heavy atom. The summed E-state index contributed by atoms with van der Waals surface area (Å²) in [6.07, 6.45) is 2.04. The third-order valence-corrected chi connectivity index (χ3v) is 5.71. The number of amides is 2. The molecule has 0 bridgehead atoms. The molecule has 8 heteroatoms. The maximum absolute atomic E-state index is 13.8. The van der Waals surface area contributed by atoms with Gasteiger partial charge in [-0.15, -0.1) is 0 Å². The Morgan fingerprint density at radius 2 is 1.85 bits per heavy atom. The first-order valence-corrected chi connectivity index (χ1v) is 9.62. The molecule has 1 aromatic carbocycles. The first-order chi connectivity index (χ1) is 12.9. The number of nitrogens with zero attached hydrogens (tertiary/aromatic N) is 2. The Balaban J connectivity index is 1.65. The molecular weight excluding hydrogens is 394 g/mol. The van der Waals surface area contributed by atoms with Crippen molar-refractivity contribution in [3.63, 3.8) is 0 Å². The topological polar surface area (TPSA) is 49.9 Å². The van der Waals surface area contributed by atoms with Crippen molar-refractivity contribution in [3.05, 3.63) is 46.2 Å². The molecule has 2 amide bonds. The van der Waals surface area contributed by atoms with Crippen LogP contribution < -0.4 is 0 Å². The highest BCUT2D eigenvalue weighted by molar-refractivity contribution is 6.35. The zero-order valence-corrected chi connectivity index (χ0v) is 16.3. The van der Waals surface area contributed by atoms with Crippen molar-refractivity contribution < 1.29 is 18.7 Å². The van der Waals surface area contributed by atoms with Gasteiger partial charge < -0.3 is 14.5 Å². The molecule has 2 saturated heterocycles. The summed E-state index contributed by atoms with van der Waals surface area (Å²) in [7, 11) is 0. The first-order valence-electron chi connectivity index (χ1n) is 8.87. The summed E-state index contributed by atoms with van der Waals surface area (Å²) < 4.78 is 19.5. The zero-order valence-electron chi connectivity index (χ0n) is 14.8. The van der Waals surface area contributed by atoms with E-state index in [1.807, 2.05) is 0 Å². The van der Waals surface area contributed by atoms with Gasteiger partial charge in [0.05, 0.1) is 18.2 Å². The molecule has 2 fully saturated rings. The van der Waals surface area contributed by atoms with E-state index in [2.05, 4.69) is 6.58 Å². The predicted molar refractivity (Wildman–Crippen MR) is 101 cm³/mol. The molecular formula is C19H21Cl2FN2O3. The molecule has 0 N–H and O–H groups in total. The average Bonchev–Trinajstić information content (AvgIpc) is 2.69. The number of piperidine rings is 1. The molecule has 1 unspecified atom stereocenters. The second kappa shape index (κ2) is 8.59. The Labute approximate surface area is 167 Å². The largest absolute Gasteiger partial charge is 0.370 e. The van der Waals surface area contributed by atoms with E-state index >= 15 is 0 Å². The van der Waals surface area contributed by atoms with Gasteiger partial charge in [-0.2, -0.15) is 0 Å². The molecule has 0 aromatic heterocycles. The second-order valence-electron chi connectivity index (χ2n) is 6.74. The van der Waals surface area contributed by atoms with Crippen molar-refractivity contribution in [3.8, 4) is 0 Å². The lowest BCUT2D eigenvalue weighted by atomic mass is 9.94. The van der Waals surface area contributed by atoms with Crippen molar-refractivity contribution in [2.75, 3.05) is 32.8 Å². The monoisotopic (exact) mass is 414 g/mol. The van der Waals surface area contributed by atoms with Crippen molar-refractivity contribution in [1.29, 1.82) is 0 Å². The molecule has 1 aromatic rings. The minimum Gasteiger partial charge on any atom is -0.370 e. The number of carbonyl (C=O) groups is 2. The molecule has 0 aliphatic carbocycles. The van der Waals surface area contributed by atoms with E-state index in [0.29, 0.717) is 56.2 Å². The molecule has 146 valence electrons. The molecule has 2 heterocycles. The highest BCUT2D eigenvalue weighted by Gasteiger charge is 2.33. The van der Waals surface area contributed by atoms with Crippen LogP contribution in [0.2, 0.25) is 10.0 Å². The van der Waals surface area contributed by atoms with E-state index in [-0.39, 0.29) is 22.8 Å². The predicted octanol–water partition coefficient (Wildman–Crippen LogP) is 3.46. The van der Waals surface area contributed by atoms with Crippen LogP contribution in [-0.2, 0) is 14.3 Å². The van der Waals surface area contributed by atoms with Crippen molar-refractivity contribution in [2.45, 2.75) is 18.9 Å². The molecule has 0 spiro atoms. The fourth-order valence-electron chi connectivity index (χ4n) is 3.56. The Hall–Kier alpha value is -1.63. The lowest BCUT2D eigenvalue weighted by Gasteiger charge is -2.38. The quantitative estimate of drug-likeness (QED) is 0.561. The van der Waals surface area contributed by atoms with Crippen LogP contribution >= 0.6 is 23.2 Å². The molecule has 0 saturated carbocycles. The van der Waals surface area contributed by atoms with E-state index < -0.39 is 11.9 Å². The molecule has 2 aliphatic rings. The van der Waals surface area contributed by atoms with Gasteiger partial charge in [0.1, 0.15) is 11.9 Å². The normalized spacial score (nSPS) is 21.2. The number of hydrogen-bond acceptors (Lipinski definition) is 3. The Kier molecular flexibility index (Phi) is 6.40. The fraction of sp³-hybridized carbons (Fsp3) is 0.474. The average molecular weight is 415 g/mol. The number of hydrogen-bond donors (Lipinski definition) is 0. The fourth-order valence-corrected chi connectivity index (χ4v) is 4.06. The molecule has 1 atom stereocenters. The van der Waals surface area contributed by atoms with Crippen LogP contribution in [0.5, 0.6) is 0 Å². The van der Waals surface area contributed by atoms with Gasteiger partial charge in [0.15, 0.2) is 0 Å². The summed E-state index contributed by atoms with van der Waals surface area (Å²) >= 11 is 11.9. The SMILES string of the molecule is C=CC(=O)N1CCC(C(=O)N2CCOC(c3cc(F)c(Cl)cc3Cl)C2)CC1. The van der Waals surface area contributed by atoms with E-state index in [9.17, 15) is 14.0 Å². The zero-order chi connectivity index (χ0) is 19.6. The number of halogens is 3. The van der Waals surface area contributed by atoms with E-state index in [1.165, 1.54) is 18.2 Å². The van der Waals surface area contributed by atoms with Gasteiger partial charge >= 0.3 is 0 Å². The van der Waals surface area contributed by atoms with Crippen LogP contribution in [0.4, 0.5) is 4.39 Å². The van der Waals surface area contributed by atoms with E-state index in [0.717, 1.165) is 0 Å². The number of rotatable bonds is 3. The number of morpholine rings is 1. The summed E-state index contributed by atoms with van der Waals surface area (Å²) in [4.78, 5) is 28.0. The minimum atomic E-state index is -0.567. The van der Waals surface area contributed by atoms with E-state index in [4.69, 9.17) is 27.9 Å². The highest BCUT2D eigenvalue weighted by atomic mass is 35.5. The van der Waals surface area contributed by atoms with Gasteiger partial charge in [-0.25, -0.2) is 4.39 Å². The summed E-state index contributed by atoms with van der Waals surface area (Å²) in [5, 5.41) is 0.269. The third kappa shape index (κ3) is 4.45. The van der Waals surface area contributed by atoms with Gasteiger partial charge in [-0.3, -0.25) is 9.59 Å². The van der Waals surface area contributed by atoms with Gasteiger partial charge in [0.2, 0.25) is 11.8 Å². The van der Waals surface area contributed by atoms with Crippen LogP contribution in [0.1, 0.15) is 24.5 Å². The van der Waals surface area contributed by atoms with Gasteiger partial charge in [-0.1, -0.05) is 29.8 Å². The maximum Gasteiger partial charge on any atom is 0.245 e. The van der Waals surface area contributed by atoms with Gasteiger partial charge in [-0.05, 0) is 31.1 Å². The van der Waals surface area contributed by atoms with Crippen LogP contribution in [0.15, 0.2) is 24.8 Å². The third-order valence-electron chi connectivity index (χ3n) is 5.10. The number of likely N-dealkylation sites (tertiary alicyclic amines) is 1. The molecule has 27 heavy (non-hydrogen) atoms. The molecule has 2 aliphatic heterocycles. The van der Waals surface area contributed by atoms with Crippen molar-refractivity contribution in [2.24, 2.45) is 5.92 Å².